The lowest BCUT2D eigenvalue weighted by Crippen LogP contribution is -2.30. The number of Topliss-reactive ketones (excluding diaryl/α,β-unsaturated/α-hetero) is 1. The van der Waals surface area contributed by atoms with Crippen molar-refractivity contribution in [2.45, 2.75) is 32.7 Å². The topological polar surface area (TPSA) is 71.5 Å². The van der Waals surface area contributed by atoms with E-state index in [4.69, 9.17) is 0 Å². The lowest BCUT2D eigenvalue weighted by molar-refractivity contribution is 0.0591. The minimum Gasteiger partial charge on any atom is -0.464 e. The first-order chi connectivity index (χ1) is 10.1. The lowest BCUT2D eigenvalue weighted by atomic mass is 10.3. The number of nitrogens with one attached hydrogen (secondary N) is 1. The number of likely N-dealkylation sites (N-methyl/N-ethyl adjacent to an activating group) is 1. The van der Waals surface area contributed by atoms with E-state index < -0.39 is 5.97 Å². The third kappa shape index (κ3) is 4.01. The molecule has 1 aliphatic carbocycles. The van der Waals surface area contributed by atoms with E-state index in [0.29, 0.717) is 10.0 Å². The van der Waals surface area contributed by atoms with Crippen LogP contribution in [0.4, 0.5) is 5.13 Å². The average molecular weight is 311 g/mol. The molecule has 0 aromatic carbocycles. The van der Waals surface area contributed by atoms with E-state index in [9.17, 15) is 9.59 Å². The van der Waals surface area contributed by atoms with Crippen molar-refractivity contribution in [2.24, 2.45) is 0 Å². The van der Waals surface area contributed by atoms with Gasteiger partial charge >= 0.3 is 5.97 Å². The fourth-order valence-corrected chi connectivity index (χ4v) is 3.09. The Morgan fingerprint density at radius 1 is 1.48 bits per heavy atom. The molecule has 6 nitrogen and oxygen atoms in total. The standard InChI is InChI=1S/C14H21N3O3S/c1-4-17(10-5-6-10)8-7-15-14-16-11(13(19)20-3)12(21-14)9(2)18/h10H,4-8H2,1-3H3,(H,15,16). The van der Waals surface area contributed by atoms with Crippen molar-refractivity contribution in [1.29, 1.82) is 0 Å². The molecule has 0 aliphatic heterocycles. The summed E-state index contributed by atoms with van der Waals surface area (Å²) >= 11 is 1.20. The summed E-state index contributed by atoms with van der Waals surface area (Å²) in [7, 11) is 1.29. The molecule has 7 heteroatoms. The monoisotopic (exact) mass is 311 g/mol. The fourth-order valence-electron chi connectivity index (χ4n) is 2.21. The summed E-state index contributed by atoms with van der Waals surface area (Å²) in [6, 6.07) is 0.728. The van der Waals surface area contributed by atoms with Crippen LogP contribution in [0, 0.1) is 0 Å². The van der Waals surface area contributed by atoms with Crippen LogP contribution in [0.15, 0.2) is 0 Å². The van der Waals surface area contributed by atoms with Crippen LogP contribution < -0.4 is 5.32 Å². The fraction of sp³-hybridized carbons (Fsp3) is 0.643. The maximum Gasteiger partial charge on any atom is 0.358 e. The van der Waals surface area contributed by atoms with Crippen LogP contribution in [-0.4, -0.2) is 54.4 Å². The predicted molar refractivity (Wildman–Crippen MR) is 82.2 cm³/mol. The molecule has 1 aromatic heterocycles. The van der Waals surface area contributed by atoms with E-state index in [1.807, 2.05) is 0 Å². The van der Waals surface area contributed by atoms with Crippen molar-refractivity contribution in [1.82, 2.24) is 9.88 Å². The number of hydrogen-bond donors (Lipinski definition) is 1. The number of ether oxygens (including phenoxy) is 1. The van der Waals surface area contributed by atoms with Crippen LogP contribution in [-0.2, 0) is 4.74 Å². The first-order valence-corrected chi connectivity index (χ1v) is 7.96. The van der Waals surface area contributed by atoms with Crippen molar-refractivity contribution >= 4 is 28.2 Å². The molecule has 0 unspecified atom stereocenters. The zero-order chi connectivity index (χ0) is 15.4. The molecule has 0 bridgehead atoms. The smallest absolute Gasteiger partial charge is 0.358 e. The summed E-state index contributed by atoms with van der Waals surface area (Å²) in [6.07, 6.45) is 2.57. The number of hydrogen-bond acceptors (Lipinski definition) is 7. The molecule has 21 heavy (non-hydrogen) atoms. The predicted octanol–water partition coefficient (Wildman–Crippen LogP) is 2.03. The largest absolute Gasteiger partial charge is 0.464 e. The van der Waals surface area contributed by atoms with Crippen molar-refractivity contribution < 1.29 is 14.3 Å². The molecule has 0 radical (unpaired) electrons. The summed E-state index contributed by atoms with van der Waals surface area (Å²) in [4.78, 5) is 30.1. The number of anilines is 1. The molecular formula is C14H21N3O3S. The number of nitrogens with zero attached hydrogens (tertiary/aromatic N) is 2. The third-order valence-corrected chi connectivity index (χ3v) is 4.58. The SMILES string of the molecule is CCN(CCNc1nc(C(=O)OC)c(C(C)=O)s1)C1CC1. The number of aromatic nitrogens is 1. The number of rotatable bonds is 8. The average Bonchev–Trinajstić information content (AvgIpc) is 3.21. The number of thiazole rings is 1. The van der Waals surface area contributed by atoms with Gasteiger partial charge in [0.1, 0.15) is 4.88 Å². The second kappa shape index (κ2) is 7.00. The molecular weight excluding hydrogens is 290 g/mol. The van der Waals surface area contributed by atoms with E-state index in [2.05, 4.69) is 26.9 Å². The van der Waals surface area contributed by atoms with Gasteiger partial charge in [-0.15, -0.1) is 0 Å². The molecule has 0 amide bonds. The maximum atomic E-state index is 11.6. The van der Waals surface area contributed by atoms with Gasteiger partial charge in [-0.25, -0.2) is 9.78 Å². The van der Waals surface area contributed by atoms with Gasteiger partial charge in [0.2, 0.25) is 0 Å². The van der Waals surface area contributed by atoms with Crippen LogP contribution in [0.25, 0.3) is 0 Å². The molecule has 0 atom stereocenters. The maximum absolute atomic E-state index is 11.6. The summed E-state index contributed by atoms with van der Waals surface area (Å²) in [5, 5.41) is 3.78. The molecule has 1 aromatic rings. The molecule has 1 aliphatic rings. The number of ketones is 1. The van der Waals surface area contributed by atoms with Gasteiger partial charge in [0.25, 0.3) is 0 Å². The molecule has 2 rings (SSSR count). The van der Waals surface area contributed by atoms with Crippen LogP contribution in [0.5, 0.6) is 0 Å². The van der Waals surface area contributed by atoms with Crippen molar-refractivity contribution in [3.8, 4) is 0 Å². The second-order valence-corrected chi connectivity index (χ2v) is 6.03. The Bertz CT molecular complexity index is 526. The zero-order valence-electron chi connectivity index (χ0n) is 12.6. The van der Waals surface area contributed by atoms with Gasteiger partial charge in [0.05, 0.1) is 7.11 Å². The van der Waals surface area contributed by atoms with Gasteiger partial charge in [0, 0.05) is 26.1 Å². The first kappa shape index (κ1) is 15.9. The Morgan fingerprint density at radius 3 is 2.71 bits per heavy atom. The van der Waals surface area contributed by atoms with Crippen LogP contribution in [0.1, 0.15) is 46.8 Å². The second-order valence-electron chi connectivity index (χ2n) is 5.03. The number of methoxy groups -OCH3 is 1. The Labute approximate surface area is 128 Å². The lowest BCUT2D eigenvalue weighted by Gasteiger charge is -2.19. The van der Waals surface area contributed by atoms with E-state index in [1.54, 1.807) is 0 Å². The zero-order valence-corrected chi connectivity index (χ0v) is 13.5. The van der Waals surface area contributed by atoms with Crippen LogP contribution in [0.3, 0.4) is 0 Å². The molecule has 0 saturated heterocycles. The molecule has 1 N–H and O–H groups in total. The highest BCUT2D eigenvalue weighted by Gasteiger charge is 2.27. The van der Waals surface area contributed by atoms with Crippen LogP contribution >= 0.6 is 11.3 Å². The van der Waals surface area contributed by atoms with Crippen LogP contribution in [0.2, 0.25) is 0 Å². The van der Waals surface area contributed by atoms with Gasteiger partial charge in [-0.05, 0) is 19.4 Å². The van der Waals surface area contributed by atoms with E-state index in [0.717, 1.165) is 25.7 Å². The van der Waals surface area contributed by atoms with E-state index in [-0.39, 0.29) is 11.5 Å². The number of carbonyl (C=O) groups excluding carboxylic acids is 2. The Morgan fingerprint density at radius 2 is 2.19 bits per heavy atom. The minimum absolute atomic E-state index is 0.104. The Hall–Kier alpha value is -1.47. The summed E-state index contributed by atoms with van der Waals surface area (Å²) in [6.45, 7) is 6.30. The van der Waals surface area contributed by atoms with E-state index in [1.165, 1.54) is 38.2 Å². The van der Waals surface area contributed by atoms with E-state index >= 15 is 0 Å². The van der Waals surface area contributed by atoms with Gasteiger partial charge in [0.15, 0.2) is 16.6 Å². The molecule has 1 heterocycles. The number of carbonyl (C=O) groups is 2. The molecule has 0 spiro atoms. The molecule has 1 saturated carbocycles. The van der Waals surface area contributed by atoms with Crippen molar-refractivity contribution in [2.75, 3.05) is 32.1 Å². The van der Waals surface area contributed by atoms with Crippen molar-refractivity contribution in [3.63, 3.8) is 0 Å². The van der Waals surface area contributed by atoms with Gasteiger partial charge < -0.3 is 10.1 Å². The molecule has 1 fully saturated rings. The summed E-state index contributed by atoms with van der Waals surface area (Å²) in [5.41, 5.74) is 0.104. The highest BCUT2D eigenvalue weighted by Crippen LogP contribution is 2.27. The molecule has 116 valence electrons. The first-order valence-electron chi connectivity index (χ1n) is 7.14. The highest BCUT2D eigenvalue weighted by molar-refractivity contribution is 7.17. The Balaban J connectivity index is 1.96. The normalized spacial score (nSPS) is 14.3. The van der Waals surface area contributed by atoms with Gasteiger partial charge in [-0.3, -0.25) is 9.69 Å². The highest BCUT2D eigenvalue weighted by atomic mass is 32.1. The van der Waals surface area contributed by atoms with Crippen molar-refractivity contribution in [3.05, 3.63) is 10.6 Å². The number of esters is 1. The minimum atomic E-state index is -0.572. The third-order valence-electron chi connectivity index (χ3n) is 3.47. The Kier molecular flexibility index (Phi) is 5.30. The summed E-state index contributed by atoms with van der Waals surface area (Å²) in [5.74, 6) is -0.744. The summed E-state index contributed by atoms with van der Waals surface area (Å²) < 4.78 is 4.66. The quantitative estimate of drug-likeness (QED) is 0.585. The van der Waals surface area contributed by atoms with Gasteiger partial charge in [-0.1, -0.05) is 18.3 Å². The van der Waals surface area contributed by atoms with Gasteiger partial charge in [-0.2, -0.15) is 0 Å².